The van der Waals surface area contributed by atoms with Gasteiger partial charge < -0.3 is 0 Å². The van der Waals surface area contributed by atoms with E-state index in [1.807, 2.05) is 11.1 Å². The molecule has 122 valence electrons. The maximum Gasteiger partial charge on any atom is -0.00197 e. The van der Waals surface area contributed by atoms with Gasteiger partial charge in [0.05, 0.1) is 0 Å². The molecule has 5 aliphatic carbocycles. The Bertz CT molecular complexity index is 387. The molecule has 0 heteroatoms. The zero-order valence-electron chi connectivity index (χ0n) is 14.4. The second kappa shape index (κ2) is 6.93. The Labute approximate surface area is 137 Å². The van der Waals surface area contributed by atoms with Crippen LogP contribution in [-0.2, 0) is 0 Å². The van der Waals surface area contributed by atoms with Gasteiger partial charge in [0.2, 0.25) is 0 Å². The molecular weight excluding hydrogens is 264 g/mol. The van der Waals surface area contributed by atoms with Gasteiger partial charge in [-0.2, -0.15) is 0 Å². The van der Waals surface area contributed by atoms with Crippen LogP contribution in [0.5, 0.6) is 0 Å². The molecule has 2 atom stereocenters. The summed E-state index contributed by atoms with van der Waals surface area (Å²) in [5.74, 6) is 3.72. The van der Waals surface area contributed by atoms with Crippen molar-refractivity contribution < 1.29 is 0 Å². The molecule has 0 aromatic heterocycles. The number of rotatable bonds is 4. The molecule has 0 saturated heterocycles. The summed E-state index contributed by atoms with van der Waals surface area (Å²) in [6, 6.07) is 0. The fourth-order valence-electron chi connectivity index (χ4n) is 5.76. The third-order valence-electron chi connectivity index (χ3n) is 7.07. The molecular formula is C22H34. The van der Waals surface area contributed by atoms with Gasteiger partial charge in [-0.05, 0) is 49.4 Å². The van der Waals surface area contributed by atoms with E-state index < -0.39 is 0 Å². The molecule has 5 aliphatic rings. The van der Waals surface area contributed by atoms with Crippen molar-refractivity contribution in [3.63, 3.8) is 0 Å². The molecule has 0 aliphatic heterocycles. The smallest absolute Gasteiger partial charge is 0.00197 e. The Morgan fingerprint density at radius 2 is 0.955 bits per heavy atom. The van der Waals surface area contributed by atoms with E-state index in [0.29, 0.717) is 0 Å². The number of hydrogen-bond acceptors (Lipinski definition) is 0. The Balaban J connectivity index is 1.37. The quantitative estimate of drug-likeness (QED) is 0.499. The average Bonchev–Trinajstić information content (AvgIpc) is 2.58. The van der Waals surface area contributed by atoms with Gasteiger partial charge in [-0.25, -0.2) is 0 Å². The Kier molecular flexibility index (Phi) is 4.74. The number of allylic oxidation sites excluding steroid dienone is 4. The Morgan fingerprint density at radius 1 is 0.545 bits per heavy atom. The van der Waals surface area contributed by atoms with Crippen LogP contribution in [0.15, 0.2) is 23.3 Å². The van der Waals surface area contributed by atoms with Crippen LogP contribution in [0, 0.1) is 23.7 Å². The normalized spacial score (nSPS) is 33.6. The second-order valence-electron chi connectivity index (χ2n) is 8.69. The van der Waals surface area contributed by atoms with Crippen molar-refractivity contribution in [2.75, 3.05) is 0 Å². The summed E-state index contributed by atoms with van der Waals surface area (Å²) in [5, 5.41) is 0. The van der Waals surface area contributed by atoms with E-state index in [2.05, 4.69) is 12.2 Å². The van der Waals surface area contributed by atoms with Gasteiger partial charge in [0.25, 0.3) is 0 Å². The molecule has 2 saturated carbocycles. The van der Waals surface area contributed by atoms with Crippen LogP contribution in [0.25, 0.3) is 0 Å². The fourth-order valence-corrected chi connectivity index (χ4v) is 5.76. The summed E-state index contributed by atoms with van der Waals surface area (Å²) in [7, 11) is 0. The predicted molar refractivity (Wildman–Crippen MR) is 94.8 cm³/mol. The van der Waals surface area contributed by atoms with E-state index in [-0.39, 0.29) is 0 Å². The maximum atomic E-state index is 2.74. The predicted octanol–water partition coefficient (Wildman–Crippen LogP) is 6.82. The third-order valence-corrected chi connectivity index (χ3v) is 7.07. The monoisotopic (exact) mass is 298 g/mol. The topological polar surface area (TPSA) is 0 Å². The molecule has 0 radical (unpaired) electrons. The van der Waals surface area contributed by atoms with Gasteiger partial charge in [-0.15, -0.1) is 0 Å². The first kappa shape index (κ1) is 15.0. The minimum Gasteiger partial charge on any atom is -0.0775 e. The number of hydrogen-bond donors (Lipinski definition) is 0. The van der Waals surface area contributed by atoms with E-state index in [0.717, 1.165) is 23.7 Å². The maximum absolute atomic E-state index is 2.74. The van der Waals surface area contributed by atoms with Crippen molar-refractivity contribution in [3.8, 4) is 0 Å². The van der Waals surface area contributed by atoms with Crippen LogP contribution < -0.4 is 0 Å². The van der Waals surface area contributed by atoms with E-state index in [1.54, 1.807) is 0 Å². The van der Waals surface area contributed by atoms with Crippen LogP contribution >= 0.6 is 0 Å². The van der Waals surface area contributed by atoms with Crippen LogP contribution in [0.2, 0.25) is 0 Å². The lowest BCUT2D eigenvalue weighted by Crippen LogP contribution is -2.24. The molecule has 5 rings (SSSR count). The van der Waals surface area contributed by atoms with Crippen molar-refractivity contribution in [2.45, 2.75) is 89.9 Å². The Morgan fingerprint density at radius 3 is 1.32 bits per heavy atom. The van der Waals surface area contributed by atoms with E-state index in [4.69, 9.17) is 0 Å². The first-order valence-corrected chi connectivity index (χ1v) is 10.3. The highest BCUT2D eigenvalue weighted by atomic mass is 14.4. The lowest BCUT2D eigenvalue weighted by molar-refractivity contribution is 0.324. The molecule has 2 unspecified atom stereocenters. The molecule has 0 aromatic carbocycles. The van der Waals surface area contributed by atoms with Crippen LogP contribution in [0.4, 0.5) is 0 Å². The molecule has 0 spiro atoms. The lowest BCUT2D eigenvalue weighted by Gasteiger charge is -2.38. The van der Waals surface area contributed by atoms with Crippen LogP contribution in [0.3, 0.4) is 0 Å². The summed E-state index contributed by atoms with van der Waals surface area (Å²) >= 11 is 0. The highest BCUT2D eigenvalue weighted by Crippen LogP contribution is 2.46. The SMILES string of the molecule is C1=C(CC2CCCCC2)C2C=C(CC3CCCCC3)C1CC2. The summed E-state index contributed by atoms with van der Waals surface area (Å²) in [6.45, 7) is 0. The van der Waals surface area contributed by atoms with Crippen LogP contribution in [-0.4, -0.2) is 0 Å². The third kappa shape index (κ3) is 3.36. The highest BCUT2D eigenvalue weighted by Gasteiger charge is 2.32. The Hall–Kier alpha value is -0.520. The van der Waals surface area contributed by atoms with Gasteiger partial charge in [0.1, 0.15) is 0 Å². The van der Waals surface area contributed by atoms with Crippen molar-refractivity contribution in [1.82, 2.24) is 0 Å². The van der Waals surface area contributed by atoms with Crippen molar-refractivity contribution in [1.29, 1.82) is 0 Å². The summed E-state index contributed by atoms with van der Waals surface area (Å²) < 4.78 is 0. The minimum absolute atomic E-state index is 0.838. The minimum atomic E-state index is 0.838. The standard InChI is InChI=1S/C22H34/c1-3-7-17(8-4-1)13-21-15-20-12-11-19(21)16-22(20)14-18-9-5-2-6-10-18/h15-20H,1-14H2. The lowest BCUT2D eigenvalue weighted by atomic mass is 9.67. The molecule has 0 N–H and O–H groups in total. The molecule has 0 nitrogen and oxygen atoms in total. The summed E-state index contributed by atoms with van der Waals surface area (Å²) in [4.78, 5) is 0. The van der Waals surface area contributed by atoms with Gasteiger partial charge in [-0.3, -0.25) is 0 Å². The summed E-state index contributed by atoms with van der Waals surface area (Å²) in [6.07, 6.45) is 26.3. The molecule has 0 aromatic rings. The molecule has 0 heterocycles. The average molecular weight is 299 g/mol. The van der Waals surface area contributed by atoms with Gasteiger partial charge in [-0.1, -0.05) is 87.5 Å². The van der Waals surface area contributed by atoms with Crippen LogP contribution in [0.1, 0.15) is 89.9 Å². The highest BCUT2D eigenvalue weighted by molar-refractivity contribution is 5.32. The zero-order chi connectivity index (χ0) is 14.8. The first-order chi connectivity index (χ1) is 10.9. The molecule has 22 heavy (non-hydrogen) atoms. The molecule has 0 amide bonds. The number of fused-ring (bicyclic) bond motifs is 1. The van der Waals surface area contributed by atoms with E-state index in [9.17, 15) is 0 Å². The van der Waals surface area contributed by atoms with E-state index in [1.165, 1.54) is 89.9 Å². The molecule has 2 fully saturated rings. The summed E-state index contributed by atoms with van der Waals surface area (Å²) in [5.41, 5.74) is 3.69. The fraction of sp³-hybridized carbons (Fsp3) is 0.818. The van der Waals surface area contributed by atoms with Crippen molar-refractivity contribution in [2.24, 2.45) is 23.7 Å². The van der Waals surface area contributed by atoms with Gasteiger partial charge >= 0.3 is 0 Å². The first-order valence-electron chi connectivity index (χ1n) is 10.3. The zero-order valence-corrected chi connectivity index (χ0v) is 14.4. The second-order valence-corrected chi connectivity index (χ2v) is 8.69. The van der Waals surface area contributed by atoms with Gasteiger partial charge in [0, 0.05) is 0 Å². The molecule has 2 bridgehead atoms. The largest absolute Gasteiger partial charge is 0.0775 e. The van der Waals surface area contributed by atoms with Crippen molar-refractivity contribution in [3.05, 3.63) is 23.3 Å². The van der Waals surface area contributed by atoms with E-state index >= 15 is 0 Å². The van der Waals surface area contributed by atoms with Crippen molar-refractivity contribution >= 4 is 0 Å². The van der Waals surface area contributed by atoms with Gasteiger partial charge in [0.15, 0.2) is 0 Å².